The SMILES string of the molecule is CC1CN(C(=O)NCc2ccccc2CC(=O)O)CCS1. The summed E-state index contributed by atoms with van der Waals surface area (Å²) >= 11 is 1.88. The molecule has 1 aromatic carbocycles. The molecule has 0 aromatic heterocycles. The topological polar surface area (TPSA) is 69.6 Å². The van der Waals surface area contributed by atoms with Crippen molar-refractivity contribution in [3.05, 3.63) is 35.4 Å². The zero-order valence-electron chi connectivity index (χ0n) is 12.0. The van der Waals surface area contributed by atoms with Crippen molar-refractivity contribution in [2.45, 2.75) is 25.1 Å². The Morgan fingerprint density at radius 2 is 2.10 bits per heavy atom. The van der Waals surface area contributed by atoms with Crippen LogP contribution in [0.4, 0.5) is 4.79 Å². The van der Waals surface area contributed by atoms with Gasteiger partial charge in [-0.05, 0) is 11.1 Å². The number of amides is 2. The van der Waals surface area contributed by atoms with Gasteiger partial charge < -0.3 is 15.3 Å². The summed E-state index contributed by atoms with van der Waals surface area (Å²) in [7, 11) is 0. The molecule has 1 heterocycles. The number of carboxylic acids is 1. The molecule has 114 valence electrons. The van der Waals surface area contributed by atoms with E-state index >= 15 is 0 Å². The van der Waals surface area contributed by atoms with Gasteiger partial charge in [0.25, 0.3) is 0 Å². The average Bonchev–Trinajstić information content (AvgIpc) is 2.45. The maximum Gasteiger partial charge on any atom is 0.317 e. The molecule has 21 heavy (non-hydrogen) atoms. The predicted octanol–water partition coefficient (Wildman–Crippen LogP) is 1.96. The summed E-state index contributed by atoms with van der Waals surface area (Å²) in [6, 6.07) is 7.23. The van der Waals surface area contributed by atoms with Crippen LogP contribution in [0.25, 0.3) is 0 Å². The number of carbonyl (C=O) groups excluding carboxylic acids is 1. The molecule has 0 aliphatic carbocycles. The van der Waals surface area contributed by atoms with Crippen LogP contribution in [0.1, 0.15) is 18.1 Å². The summed E-state index contributed by atoms with van der Waals surface area (Å²) in [5, 5.41) is 12.3. The van der Waals surface area contributed by atoms with Crippen LogP contribution >= 0.6 is 11.8 Å². The van der Waals surface area contributed by atoms with E-state index in [4.69, 9.17) is 5.11 Å². The molecule has 1 unspecified atom stereocenters. The molecule has 1 aliphatic heterocycles. The molecule has 1 saturated heterocycles. The minimum absolute atomic E-state index is 0.0244. The first kappa shape index (κ1) is 15.7. The molecule has 2 amide bonds. The third-order valence-corrected chi connectivity index (χ3v) is 4.55. The molecule has 2 rings (SSSR count). The second-order valence-corrected chi connectivity index (χ2v) is 6.67. The van der Waals surface area contributed by atoms with Crippen LogP contribution in [-0.2, 0) is 17.8 Å². The number of nitrogens with zero attached hydrogens (tertiary/aromatic N) is 1. The van der Waals surface area contributed by atoms with Crippen LogP contribution < -0.4 is 5.32 Å². The minimum Gasteiger partial charge on any atom is -0.481 e. The molecule has 1 aliphatic rings. The highest BCUT2D eigenvalue weighted by molar-refractivity contribution is 7.99. The first-order valence-electron chi connectivity index (χ1n) is 6.99. The van der Waals surface area contributed by atoms with E-state index in [-0.39, 0.29) is 12.5 Å². The van der Waals surface area contributed by atoms with E-state index in [0.717, 1.165) is 30.0 Å². The number of hydrogen-bond acceptors (Lipinski definition) is 3. The van der Waals surface area contributed by atoms with E-state index in [1.54, 1.807) is 6.07 Å². The van der Waals surface area contributed by atoms with E-state index in [9.17, 15) is 9.59 Å². The molecule has 1 aromatic rings. The molecule has 6 heteroatoms. The molecule has 0 spiro atoms. The highest BCUT2D eigenvalue weighted by atomic mass is 32.2. The Morgan fingerprint density at radius 1 is 1.38 bits per heavy atom. The monoisotopic (exact) mass is 308 g/mol. The number of aliphatic carboxylic acids is 1. The smallest absolute Gasteiger partial charge is 0.317 e. The second-order valence-electron chi connectivity index (χ2n) is 5.13. The first-order chi connectivity index (χ1) is 10.1. The lowest BCUT2D eigenvalue weighted by atomic mass is 10.0. The summed E-state index contributed by atoms with van der Waals surface area (Å²) in [5.74, 6) is 0.0974. The van der Waals surface area contributed by atoms with Crippen molar-refractivity contribution < 1.29 is 14.7 Å². The van der Waals surface area contributed by atoms with Gasteiger partial charge in [-0.3, -0.25) is 4.79 Å². The van der Waals surface area contributed by atoms with Gasteiger partial charge in [-0.2, -0.15) is 11.8 Å². The highest BCUT2D eigenvalue weighted by Gasteiger charge is 2.21. The Labute approximate surface area is 128 Å². The second kappa shape index (κ2) is 7.36. The Bertz CT molecular complexity index is 521. The van der Waals surface area contributed by atoms with Crippen LogP contribution in [0.3, 0.4) is 0 Å². The van der Waals surface area contributed by atoms with Crippen LogP contribution in [0.2, 0.25) is 0 Å². The number of benzene rings is 1. The van der Waals surface area contributed by atoms with Crippen molar-refractivity contribution >= 4 is 23.8 Å². The van der Waals surface area contributed by atoms with Crippen LogP contribution in [-0.4, -0.2) is 46.1 Å². The lowest BCUT2D eigenvalue weighted by molar-refractivity contribution is -0.136. The molecule has 2 N–H and O–H groups in total. The minimum atomic E-state index is -0.865. The van der Waals surface area contributed by atoms with Gasteiger partial charge >= 0.3 is 12.0 Å². The summed E-state index contributed by atoms with van der Waals surface area (Å²) < 4.78 is 0. The number of hydrogen-bond donors (Lipinski definition) is 2. The number of nitrogens with one attached hydrogen (secondary N) is 1. The van der Waals surface area contributed by atoms with Gasteiger partial charge in [0.05, 0.1) is 6.42 Å². The molecule has 0 radical (unpaired) electrons. The van der Waals surface area contributed by atoms with Crippen LogP contribution in [0, 0.1) is 0 Å². The van der Waals surface area contributed by atoms with Gasteiger partial charge in [-0.15, -0.1) is 0 Å². The summed E-state index contributed by atoms with van der Waals surface area (Å²) in [5.41, 5.74) is 1.60. The number of carboxylic acid groups (broad SMARTS) is 1. The Hall–Kier alpha value is -1.69. The molecule has 1 atom stereocenters. The van der Waals surface area contributed by atoms with E-state index in [1.807, 2.05) is 34.9 Å². The third-order valence-electron chi connectivity index (χ3n) is 3.42. The van der Waals surface area contributed by atoms with Gasteiger partial charge in [-0.1, -0.05) is 31.2 Å². The average molecular weight is 308 g/mol. The number of urea groups is 1. The third kappa shape index (κ3) is 4.67. The molecule has 0 saturated carbocycles. The predicted molar refractivity (Wildman–Crippen MR) is 83.5 cm³/mol. The van der Waals surface area contributed by atoms with Crippen molar-refractivity contribution in [3.63, 3.8) is 0 Å². The van der Waals surface area contributed by atoms with Crippen molar-refractivity contribution in [1.82, 2.24) is 10.2 Å². The lowest BCUT2D eigenvalue weighted by Gasteiger charge is -2.30. The van der Waals surface area contributed by atoms with Crippen molar-refractivity contribution in [3.8, 4) is 0 Å². The van der Waals surface area contributed by atoms with Crippen molar-refractivity contribution in [2.24, 2.45) is 0 Å². The summed E-state index contributed by atoms with van der Waals surface area (Å²) in [6.07, 6.45) is -0.0244. The largest absolute Gasteiger partial charge is 0.481 e. The van der Waals surface area contributed by atoms with Crippen LogP contribution in [0.15, 0.2) is 24.3 Å². The lowest BCUT2D eigenvalue weighted by Crippen LogP contribution is -2.46. The highest BCUT2D eigenvalue weighted by Crippen LogP contribution is 2.17. The van der Waals surface area contributed by atoms with Gasteiger partial charge in [0.1, 0.15) is 0 Å². The fourth-order valence-electron chi connectivity index (χ4n) is 2.35. The van der Waals surface area contributed by atoms with Crippen molar-refractivity contribution in [1.29, 1.82) is 0 Å². The molecule has 1 fully saturated rings. The molecular weight excluding hydrogens is 288 g/mol. The molecule has 0 bridgehead atoms. The molecule has 5 nitrogen and oxygen atoms in total. The Morgan fingerprint density at radius 3 is 2.76 bits per heavy atom. The van der Waals surface area contributed by atoms with Crippen molar-refractivity contribution in [2.75, 3.05) is 18.8 Å². The number of rotatable bonds is 4. The van der Waals surface area contributed by atoms with Crippen LogP contribution in [0.5, 0.6) is 0 Å². The summed E-state index contributed by atoms with van der Waals surface area (Å²) in [6.45, 7) is 4.00. The number of thioether (sulfide) groups is 1. The Kier molecular flexibility index (Phi) is 5.50. The van der Waals surface area contributed by atoms with Gasteiger partial charge in [0, 0.05) is 30.6 Å². The quantitative estimate of drug-likeness (QED) is 0.892. The van der Waals surface area contributed by atoms with E-state index < -0.39 is 5.97 Å². The first-order valence-corrected chi connectivity index (χ1v) is 8.04. The van der Waals surface area contributed by atoms with Gasteiger partial charge in [0.2, 0.25) is 0 Å². The van der Waals surface area contributed by atoms with E-state index in [2.05, 4.69) is 12.2 Å². The van der Waals surface area contributed by atoms with Gasteiger partial charge in [0.15, 0.2) is 0 Å². The summed E-state index contributed by atoms with van der Waals surface area (Å²) in [4.78, 5) is 24.8. The van der Waals surface area contributed by atoms with E-state index in [1.165, 1.54) is 0 Å². The maximum atomic E-state index is 12.1. The maximum absolute atomic E-state index is 12.1. The zero-order valence-corrected chi connectivity index (χ0v) is 12.9. The zero-order chi connectivity index (χ0) is 15.2. The standard InChI is InChI=1S/C15H20N2O3S/c1-11-10-17(6-7-21-11)15(20)16-9-13-5-3-2-4-12(13)8-14(18)19/h2-5,11H,6-10H2,1H3,(H,16,20)(H,18,19). The fourth-order valence-corrected chi connectivity index (χ4v) is 3.36. The fraction of sp³-hybridized carbons (Fsp3) is 0.467. The molecular formula is C15H20N2O3S. The Balaban J connectivity index is 1.93. The van der Waals surface area contributed by atoms with Gasteiger partial charge in [-0.25, -0.2) is 4.79 Å². The van der Waals surface area contributed by atoms with E-state index in [0.29, 0.717) is 11.8 Å². The number of carbonyl (C=O) groups is 2. The normalized spacial score (nSPS) is 18.3.